The highest BCUT2D eigenvalue weighted by atomic mass is 16.3. The number of carbonyl (C=O) groups excluding carboxylic acids is 3. The summed E-state index contributed by atoms with van der Waals surface area (Å²) in [6.45, 7) is 1.77. The van der Waals surface area contributed by atoms with Gasteiger partial charge in [-0.1, -0.05) is 12.8 Å². The van der Waals surface area contributed by atoms with Crippen molar-refractivity contribution < 1.29 is 18.8 Å². The first kappa shape index (κ1) is 15.3. The number of allylic oxidation sites excluding steroid dienone is 2. The zero-order chi connectivity index (χ0) is 16.4. The third-order valence-electron chi connectivity index (χ3n) is 4.11. The van der Waals surface area contributed by atoms with Crippen LogP contribution >= 0.6 is 0 Å². The molecule has 23 heavy (non-hydrogen) atoms. The molecule has 0 radical (unpaired) electrons. The molecule has 0 spiro atoms. The minimum Gasteiger partial charge on any atom is -0.465 e. The molecule has 0 aromatic carbocycles. The summed E-state index contributed by atoms with van der Waals surface area (Å²) in [5.74, 6) is -0.536. The molecule has 1 N–H and O–H groups in total. The molecule has 2 heterocycles. The first-order valence-electron chi connectivity index (χ1n) is 7.68. The Kier molecular flexibility index (Phi) is 4.14. The lowest BCUT2D eigenvalue weighted by molar-refractivity contribution is -0.131. The van der Waals surface area contributed by atoms with Gasteiger partial charge in [0.2, 0.25) is 0 Å². The third-order valence-corrected chi connectivity index (χ3v) is 4.11. The van der Waals surface area contributed by atoms with Gasteiger partial charge in [0.05, 0.1) is 6.26 Å². The number of barbiturate groups is 1. The lowest BCUT2D eigenvalue weighted by atomic mass is 10.1. The van der Waals surface area contributed by atoms with Gasteiger partial charge >= 0.3 is 6.03 Å². The van der Waals surface area contributed by atoms with E-state index in [9.17, 15) is 14.4 Å². The molecule has 1 saturated carbocycles. The average molecular weight is 314 g/mol. The second-order valence-electron chi connectivity index (χ2n) is 5.83. The van der Waals surface area contributed by atoms with Gasteiger partial charge in [0, 0.05) is 6.04 Å². The maximum atomic E-state index is 12.6. The molecule has 0 bridgehead atoms. The maximum Gasteiger partial charge on any atom is 0.331 e. The average Bonchev–Trinajstić information content (AvgIpc) is 3.17. The number of nitrogens with one attached hydrogen (secondary N) is 1. The molecule has 6 nitrogen and oxygen atoms in total. The molecule has 0 unspecified atom stereocenters. The van der Waals surface area contributed by atoms with Crippen molar-refractivity contribution >= 4 is 23.9 Å². The van der Waals surface area contributed by atoms with Crippen LogP contribution in [0.4, 0.5) is 4.79 Å². The lowest BCUT2D eigenvalue weighted by Gasteiger charge is -2.31. The van der Waals surface area contributed by atoms with Crippen LogP contribution in [0, 0.1) is 0 Å². The fourth-order valence-corrected chi connectivity index (χ4v) is 3.03. The Morgan fingerprint density at radius 3 is 2.70 bits per heavy atom. The van der Waals surface area contributed by atoms with Gasteiger partial charge in [0.1, 0.15) is 11.3 Å². The molecule has 1 aromatic rings. The van der Waals surface area contributed by atoms with E-state index in [4.69, 9.17) is 4.42 Å². The first-order chi connectivity index (χ1) is 11.1. The van der Waals surface area contributed by atoms with E-state index in [0.717, 1.165) is 25.7 Å². The molecule has 2 aliphatic rings. The largest absolute Gasteiger partial charge is 0.465 e. The van der Waals surface area contributed by atoms with E-state index < -0.39 is 17.8 Å². The summed E-state index contributed by atoms with van der Waals surface area (Å²) >= 11 is 0. The number of imide groups is 2. The topological polar surface area (TPSA) is 79.6 Å². The summed E-state index contributed by atoms with van der Waals surface area (Å²) in [4.78, 5) is 37.8. The highest BCUT2D eigenvalue weighted by Gasteiger charge is 2.40. The van der Waals surface area contributed by atoms with Crippen LogP contribution in [-0.2, 0) is 9.59 Å². The highest BCUT2D eigenvalue weighted by Crippen LogP contribution is 2.27. The quantitative estimate of drug-likeness (QED) is 0.687. The number of hydrogen-bond acceptors (Lipinski definition) is 4. The van der Waals surface area contributed by atoms with E-state index in [1.807, 2.05) is 0 Å². The predicted molar refractivity (Wildman–Crippen MR) is 83.1 cm³/mol. The van der Waals surface area contributed by atoms with Gasteiger partial charge in [0.15, 0.2) is 0 Å². The molecule has 1 saturated heterocycles. The second-order valence-corrected chi connectivity index (χ2v) is 5.83. The Labute approximate surface area is 133 Å². The van der Waals surface area contributed by atoms with E-state index >= 15 is 0 Å². The maximum absolute atomic E-state index is 12.6. The summed E-state index contributed by atoms with van der Waals surface area (Å²) in [5.41, 5.74) is 0.677. The van der Waals surface area contributed by atoms with E-state index in [2.05, 4.69) is 5.32 Å². The van der Waals surface area contributed by atoms with Crippen molar-refractivity contribution in [2.24, 2.45) is 0 Å². The highest BCUT2D eigenvalue weighted by molar-refractivity contribution is 6.29. The van der Waals surface area contributed by atoms with Gasteiger partial charge < -0.3 is 4.42 Å². The normalized spacial score (nSPS) is 22.1. The summed E-state index contributed by atoms with van der Waals surface area (Å²) in [6.07, 6.45) is 8.34. The van der Waals surface area contributed by atoms with Crippen molar-refractivity contribution in [2.45, 2.75) is 38.6 Å². The summed E-state index contributed by atoms with van der Waals surface area (Å²) in [7, 11) is 0. The molecule has 0 atom stereocenters. The summed E-state index contributed by atoms with van der Waals surface area (Å²) in [5, 5.41) is 2.26. The van der Waals surface area contributed by atoms with Crippen molar-refractivity contribution in [2.75, 3.05) is 0 Å². The number of hydrogen-bond donors (Lipinski definition) is 1. The van der Waals surface area contributed by atoms with Gasteiger partial charge in [-0.15, -0.1) is 0 Å². The van der Waals surface area contributed by atoms with Gasteiger partial charge in [0.25, 0.3) is 11.8 Å². The van der Waals surface area contributed by atoms with Crippen molar-refractivity contribution in [3.63, 3.8) is 0 Å². The molecular formula is C17H18N2O4. The van der Waals surface area contributed by atoms with Gasteiger partial charge in [-0.2, -0.15) is 0 Å². The first-order valence-corrected chi connectivity index (χ1v) is 7.68. The van der Waals surface area contributed by atoms with Crippen LogP contribution in [0.5, 0.6) is 0 Å². The van der Waals surface area contributed by atoms with E-state index in [0.29, 0.717) is 11.3 Å². The molecule has 120 valence electrons. The number of furan rings is 1. The predicted octanol–water partition coefficient (Wildman–Crippen LogP) is 2.63. The number of nitrogens with zero attached hydrogens (tertiary/aromatic N) is 1. The third kappa shape index (κ3) is 3.11. The molecular weight excluding hydrogens is 296 g/mol. The van der Waals surface area contributed by atoms with Crippen molar-refractivity contribution in [3.8, 4) is 0 Å². The Morgan fingerprint density at radius 2 is 2.04 bits per heavy atom. The molecule has 2 fully saturated rings. The lowest BCUT2D eigenvalue weighted by Crippen LogP contribution is -2.57. The Morgan fingerprint density at radius 1 is 1.30 bits per heavy atom. The van der Waals surface area contributed by atoms with Gasteiger partial charge in [-0.25, -0.2) is 4.79 Å². The van der Waals surface area contributed by atoms with Gasteiger partial charge in [-0.3, -0.25) is 19.8 Å². The molecule has 1 aliphatic heterocycles. The number of urea groups is 1. The molecule has 4 amide bonds. The minimum absolute atomic E-state index is 0.0168. The van der Waals surface area contributed by atoms with Crippen LogP contribution in [0.1, 0.15) is 38.4 Å². The number of rotatable bonds is 3. The number of carbonyl (C=O) groups is 3. The van der Waals surface area contributed by atoms with Gasteiger partial charge in [-0.05, 0) is 49.6 Å². The van der Waals surface area contributed by atoms with Crippen molar-refractivity contribution in [3.05, 3.63) is 41.4 Å². The van der Waals surface area contributed by atoms with Crippen molar-refractivity contribution in [1.82, 2.24) is 10.2 Å². The fraction of sp³-hybridized carbons (Fsp3) is 0.353. The zero-order valence-corrected chi connectivity index (χ0v) is 12.9. The van der Waals surface area contributed by atoms with Crippen LogP contribution in [0.25, 0.3) is 6.08 Å². The van der Waals surface area contributed by atoms with Crippen LogP contribution in [0.2, 0.25) is 0 Å². The van der Waals surface area contributed by atoms with Crippen LogP contribution in [0.3, 0.4) is 0 Å². The van der Waals surface area contributed by atoms with Crippen LogP contribution in [-0.4, -0.2) is 28.8 Å². The van der Waals surface area contributed by atoms with E-state index in [-0.39, 0.29) is 11.6 Å². The van der Waals surface area contributed by atoms with Crippen LogP contribution < -0.4 is 5.32 Å². The number of amides is 4. The fourth-order valence-electron chi connectivity index (χ4n) is 3.03. The molecule has 3 rings (SSSR count). The summed E-state index contributed by atoms with van der Waals surface area (Å²) < 4.78 is 5.21. The Bertz CT molecular complexity index is 694. The molecule has 1 aromatic heterocycles. The minimum atomic E-state index is -0.651. The Hall–Kier alpha value is -2.63. The zero-order valence-electron chi connectivity index (χ0n) is 12.9. The van der Waals surface area contributed by atoms with E-state index in [1.54, 1.807) is 31.4 Å². The van der Waals surface area contributed by atoms with Crippen molar-refractivity contribution in [1.29, 1.82) is 0 Å². The molecule has 6 heteroatoms. The standard InChI is InChI=1S/C17H18N2O4/c1-11(9-13-7-4-8-23-13)10-14-15(20)18-17(22)19(16(14)21)12-5-2-3-6-12/h4,7-10,12H,2-3,5-6H2,1H3,(H,18,20,22)/b11-9+,14-10+. The summed E-state index contributed by atoms with van der Waals surface area (Å²) in [6, 6.07) is 2.80. The van der Waals surface area contributed by atoms with Crippen LogP contribution in [0.15, 0.2) is 40.0 Å². The SMILES string of the molecule is CC(=C\c1ccco1)/C=C1\C(=O)NC(=O)N(C2CCCC2)C1=O. The second kappa shape index (κ2) is 6.24. The van der Waals surface area contributed by atoms with E-state index in [1.165, 1.54) is 11.0 Å². The molecule has 1 aliphatic carbocycles. The Balaban J connectivity index is 1.87. The monoisotopic (exact) mass is 314 g/mol. The smallest absolute Gasteiger partial charge is 0.331 e.